The fourth-order valence-electron chi connectivity index (χ4n) is 3.91. The van der Waals surface area contributed by atoms with E-state index in [2.05, 4.69) is 88.6 Å². The van der Waals surface area contributed by atoms with Crippen molar-refractivity contribution in [3.05, 3.63) is 70.9 Å². The SMILES string of the molecule is Cc1cc(C#N)ccc1-c1ccc(-c2c(C)cc([Si](C)(C)C)cc2C)c[n+]1C. The van der Waals surface area contributed by atoms with Crippen LogP contribution in [0.15, 0.2) is 48.7 Å². The van der Waals surface area contributed by atoms with Crippen LogP contribution in [0.3, 0.4) is 0 Å². The van der Waals surface area contributed by atoms with Crippen molar-refractivity contribution in [1.29, 1.82) is 5.26 Å². The Bertz CT molecular complexity index is 1080. The van der Waals surface area contributed by atoms with E-state index in [1.807, 2.05) is 18.2 Å². The monoisotopic (exact) mass is 385 g/mol. The second-order valence-electron chi connectivity index (χ2n) is 8.79. The van der Waals surface area contributed by atoms with Crippen molar-refractivity contribution >= 4 is 13.3 Å². The minimum absolute atomic E-state index is 0.703. The van der Waals surface area contributed by atoms with Crippen molar-refractivity contribution < 1.29 is 4.57 Å². The van der Waals surface area contributed by atoms with E-state index < -0.39 is 8.07 Å². The van der Waals surface area contributed by atoms with E-state index >= 15 is 0 Å². The number of aryl methyl sites for hydroxylation is 4. The summed E-state index contributed by atoms with van der Waals surface area (Å²) in [5.74, 6) is 0. The van der Waals surface area contributed by atoms with Crippen LogP contribution in [0.5, 0.6) is 0 Å². The summed E-state index contributed by atoms with van der Waals surface area (Å²) in [6.45, 7) is 13.7. The van der Waals surface area contributed by atoms with E-state index in [0.29, 0.717) is 5.56 Å². The highest BCUT2D eigenvalue weighted by Gasteiger charge is 2.20. The fourth-order valence-corrected chi connectivity index (χ4v) is 5.21. The van der Waals surface area contributed by atoms with Crippen LogP contribution in [0.1, 0.15) is 22.3 Å². The molecule has 0 aliphatic rings. The van der Waals surface area contributed by atoms with Crippen molar-refractivity contribution in [2.45, 2.75) is 40.4 Å². The molecule has 0 unspecified atom stereocenters. The summed E-state index contributed by atoms with van der Waals surface area (Å²) in [5.41, 5.74) is 9.41. The Morgan fingerprint density at radius 1 is 0.857 bits per heavy atom. The Hall–Kier alpha value is -2.70. The van der Waals surface area contributed by atoms with Crippen LogP contribution >= 0.6 is 0 Å². The number of nitriles is 1. The van der Waals surface area contributed by atoms with Crippen molar-refractivity contribution in [2.75, 3.05) is 0 Å². The molecule has 0 radical (unpaired) electrons. The summed E-state index contributed by atoms with van der Waals surface area (Å²) in [6, 6.07) is 17.3. The number of pyridine rings is 1. The normalized spacial score (nSPS) is 11.4. The van der Waals surface area contributed by atoms with Gasteiger partial charge in [0.25, 0.3) is 0 Å². The minimum atomic E-state index is -1.33. The lowest BCUT2D eigenvalue weighted by Crippen LogP contribution is -2.38. The molecule has 0 atom stereocenters. The third-order valence-electron chi connectivity index (χ3n) is 5.45. The molecule has 0 N–H and O–H groups in total. The molecule has 0 aliphatic carbocycles. The molecule has 0 amide bonds. The molecule has 0 fully saturated rings. The first-order chi connectivity index (χ1) is 13.1. The maximum Gasteiger partial charge on any atom is 0.212 e. The van der Waals surface area contributed by atoms with Gasteiger partial charge in [0.2, 0.25) is 5.69 Å². The Morgan fingerprint density at radius 2 is 1.50 bits per heavy atom. The molecule has 0 aliphatic heterocycles. The average molecular weight is 386 g/mol. The molecule has 1 aromatic heterocycles. The van der Waals surface area contributed by atoms with E-state index in [9.17, 15) is 0 Å². The van der Waals surface area contributed by atoms with Crippen LogP contribution in [0, 0.1) is 32.1 Å². The van der Waals surface area contributed by atoms with Crippen LogP contribution in [0.2, 0.25) is 19.6 Å². The van der Waals surface area contributed by atoms with Gasteiger partial charge in [0.15, 0.2) is 6.20 Å². The summed E-state index contributed by atoms with van der Waals surface area (Å²) in [4.78, 5) is 0. The highest BCUT2D eigenvalue weighted by molar-refractivity contribution is 6.88. The molecule has 28 heavy (non-hydrogen) atoms. The standard InChI is InChI=1S/C25H29N2Si/c1-17-12-20(15-26)8-10-23(17)24-11-9-21(16-27(24)4)25-18(2)13-22(14-19(25)3)28(5,6)7/h8-14,16H,1-7H3/q+1. The molecule has 3 aromatic rings. The third kappa shape index (κ3) is 3.79. The first-order valence-electron chi connectivity index (χ1n) is 9.74. The number of hydrogen-bond donors (Lipinski definition) is 0. The quantitative estimate of drug-likeness (QED) is 0.450. The van der Waals surface area contributed by atoms with E-state index in [1.165, 1.54) is 27.4 Å². The van der Waals surface area contributed by atoms with Gasteiger partial charge in [-0.05, 0) is 67.3 Å². The second kappa shape index (κ2) is 7.37. The fraction of sp³-hybridized carbons (Fsp3) is 0.280. The first kappa shape index (κ1) is 20.0. The van der Waals surface area contributed by atoms with Gasteiger partial charge in [-0.2, -0.15) is 5.26 Å². The summed E-state index contributed by atoms with van der Waals surface area (Å²) in [6.07, 6.45) is 2.22. The Labute approximate surface area is 170 Å². The molecule has 0 spiro atoms. The summed E-state index contributed by atoms with van der Waals surface area (Å²) < 4.78 is 2.19. The van der Waals surface area contributed by atoms with Crippen LogP contribution < -0.4 is 9.75 Å². The van der Waals surface area contributed by atoms with Gasteiger partial charge < -0.3 is 0 Å². The van der Waals surface area contributed by atoms with Crippen LogP contribution in [-0.4, -0.2) is 8.07 Å². The van der Waals surface area contributed by atoms with E-state index in [0.717, 1.165) is 16.8 Å². The molecule has 3 rings (SSSR count). The third-order valence-corrected chi connectivity index (χ3v) is 7.47. The Balaban J connectivity index is 2.08. The number of benzene rings is 2. The lowest BCUT2D eigenvalue weighted by Gasteiger charge is -2.20. The largest absolute Gasteiger partial charge is 0.212 e. The van der Waals surface area contributed by atoms with Gasteiger partial charge in [-0.1, -0.05) is 37.0 Å². The zero-order chi connectivity index (χ0) is 20.6. The van der Waals surface area contributed by atoms with Gasteiger partial charge >= 0.3 is 0 Å². The summed E-state index contributed by atoms with van der Waals surface area (Å²) in [7, 11) is 0.769. The van der Waals surface area contributed by atoms with E-state index in [-0.39, 0.29) is 0 Å². The predicted molar refractivity (Wildman–Crippen MR) is 120 cm³/mol. The van der Waals surface area contributed by atoms with Gasteiger partial charge in [-0.25, -0.2) is 4.57 Å². The van der Waals surface area contributed by atoms with Gasteiger partial charge in [0.05, 0.1) is 19.7 Å². The molecule has 2 aromatic carbocycles. The number of rotatable bonds is 3. The molecule has 0 saturated carbocycles. The zero-order valence-electron chi connectivity index (χ0n) is 18.0. The van der Waals surface area contributed by atoms with Crippen LogP contribution in [0.4, 0.5) is 0 Å². The van der Waals surface area contributed by atoms with Crippen LogP contribution in [0.25, 0.3) is 22.4 Å². The zero-order valence-corrected chi connectivity index (χ0v) is 19.0. The van der Waals surface area contributed by atoms with E-state index in [4.69, 9.17) is 5.26 Å². The second-order valence-corrected chi connectivity index (χ2v) is 13.9. The molecular weight excluding hydrogens is 356 g/mol. The Morgan fingerprint density at radius 3 is 2.00 bits per heavy atom. The summed E-state index contributed by atoms with van der Waals surface area (Å²) in [5, 5.41) is 10.6. The van der Waals surface area contributed by atoms with Gasteiger partial charge in [-0.15, -0.1) is 0 Å². The van der Waals surface area contributed by atoms with Crippen LogP contribution in [-0.2, 0) is 7.05 Å². The predicted octanol–water partition coefficient (Wildman–Crippen LogP) is 5.19. The maximum atomic E-state index is 9.11. The highest BCUT2D eigenvalue weighted by Crippen LogP contribution is 2.28. The highest BCUT2D eigenvalue weighted by atomic mass is 28.3. The maximum absolute atomic E-state index is 9.11. The van der Waals surface area contributed by atoms with Crippen molar-refractivity contribution in [2.24, 2.45) is 7.05 Å². The number of nitrogens with zero attached hydrogens (tertiary/aromatic N) is 2. The van der Waals surface area contributed by atoms with Crippen molar-refractivity contribution in [3.8, 4) is 28.5 Å². The molecule has 1 heterocycles. The lowest BCUT2D eigenvalue weighted by molar-refractivity contribution is -0.659. The number of aromatic nitrogens is 1. The van der Waals surface area contributed by atoms with E-state index in [1.54, 1.807) is 0 Å². The molecular formula is C25H29N2Si+. The van der Waals surface area contributed by atoms with Gasteiger partial charge in [0.1, 0.15) is 7.05 Å². The average Bonchev–Trinajstić information content (AvgIpc) is 2.61. The molecule has 2 nitrogen and oxygen atoms in total. The van der Waals surface area contributed by atoms with Crippen molar-refractivity contribution in [3.63, 3.8) is 0 Å². The molecule has 0 saturated heterocycles. The minimum Gasteiger partial charge on any atom is -0.200 e. The molecule has 0 bridgehead atoms. The lowest BCUT2D eigenvalue weighted by atomic mass is 9.95. The van der Waals surface area contributed by atoms with Gasteiger partial charge in [-0.3, -0.25) is 0 Å². The molecule has 3 heteroatoms. The number of hydrogen-bond acceptors (Lipinski definition) is 1. The topological polar surface area (TPSA) is 27.7 Å². The van der Waals surface area contributed by atoms with Gasteiger partial charge in [0, 0.05) is 17.2 Å². The Kier molecular flexibility index (Phi) is 5.28. The smallest absolute Gasteiger partial charge is 0.200 e. The summed E-state index contributed by atoms with van der Waals surface area (Å²) >= 11 is 0. The molecule has 142 valence electrons. The first-order valence-corrected chi connectivity index (χ1v) is 13.2. The van der Waals surface area contributed by atoms with Crippen molar-refractivity contribution in [1.82, 2.24) is 0 Å².